The molecule has 0 N–H and O–H groups in total. The Bertz CT molecular complexity index is 1310. The monoisotopic (exact) mass is 410 g/mol. The Balaban J connectivity index is 1.57. The number of para-hydroxylation sites is 1. The number of ether oxygens (including phenoxy) is 3. The van der Waals surface area contributed by atoms with Gasteiger partial charge in [-0.1, -0.05) is 23.5 Å². The molecule has 0 atom stereocenters. The maximum Gasteiger partial charge on any atom is 0.315 e. The average Bonchev–Trinajstić information content (AvgIpc) is 3.29. The second-order valence-electron chi connectivity index (χ2n) is 6.54. The van der Waals surface area contributed by atoms with Crippen LogP contribution in [-0.2, 0) is 7.05 Å². The predicted molar refractivity (Wildman–Crippen MR) is 109 cm³/mol. The first kappa shape index (κ1) is 17.8. The van der Waals surface area contributed by atoms with E-state index in [1.54, 1.807) is 6.07 Å². The van der Waals surface area contributed by atoms with Crippen molar-refractivity contribution in [3.05, 3.63) is 47.0 Å². The minimum absolute atomic E-state index is 0.176. The largest absolute Gasteiger partial charge is 0.490 e. The summed E-state index contributed by atoms with van der Waals surface area (Å²) in [6.45, 7) is 3.47. The smallest absolute Gasteiger partial charge is 0.315 e. The molecule has 1 amide bonds. The molecule has 2 aromatic carbocycles. The molecule has 5 rings (SSSR count). The number of aromatic nitrogens is 1. The molecule has 0 fully saturated rings. The number of furan rings is 1. The molecule has 2 aromatic heterocycles. The van der Waals surface area contributed by atoms with Crippen LogP contribution in [0.3, 0.4) is 0 Å². The van der Waals surface area contributed by atoms with Crippen molar-refractivity contribution in [1.82, 2.24) is 4.57 Å². The van der Waals surface area contributed by atoms with Crippen LogP contribution in [-0.4, -0.2) is 30.3 Å². The SMILES string of the molecule is CCOc1cccc2cc(C(=O)N=c3sc4cc5c(cc4n3C)OCCO5)oc12. The third-order valence-corrected chi connectivity index (χ3v) is 5.78. The number of amides is 1. The molecule has 29 heavy (non-hydrogen) atoms. The van der Waals surface area contributed by atoms with Gasteiger partial charge in [0.15, 0.2) is 33.4 Å². The van der Waals surface area contributed by atoms with Crippen molar-refractivity contribution in [3.63, 3.8) is 0 Å². The fourth-order valence-corrected chi connectivity index (χ4v) is 4.35. The van der Waals surface area contributed by atoms with E-state index in [1.807, 2.05) is 48.9 Å². The van der Waals surface area contributed by atoms with Crippen LogP contribution in [0, 0.1) is 0 Å². The van der Waals surface area contributed by atoms with E-state index in [2.05, 4.69) is 4.99 Å². The quantitative estimate of drug-likeness (QED) is 0.512. The molecule has 148 valence electrons. The molecule has 0 unspecified atom stereocenters. The fourth-order valence-electron chi connectivity index (χ4n) is 3.32. The number of nitrogens with zero attached hydrogens (tertiary/aromatic N) is 2. The average molecular weight is 410 g/mol. The van der Waals surface area contributed by atoms with Crippen LogP contribution in [0.15, 0.2) is 45.8 Å². The Morgan fingerprint density at radius 1 is 1.21 bits per heavy atom. The van der Waals surface area contributed by atoms with Gasteiger partial charge in [0.1, 0.15) is 13.2 Å². The van der Waals surface area contributed by atoms with E-state index in [0.717, 1.165) is 15.6 Å². The zero-order valence-electron chi connectivity index (χ0n) is 15.9. The number of thiazole rings is 1. The first-order valence-corrected chi connectivity index (χ1v) is 10.1. The highest BCUT2D eigenvalue weighted by Gasteiger charge is 2.17. The number of carbonyl (C=O) groups is 1. The summed E-state index contributed by atoms with van der Waals surface area (Å²) >= 11 is 1.41. The summed E-state index contributed by atoms with van der Waals surface area (Å²) in [5.41, 5.74) is 1.48. The van der Waals surface area contributed by atoms with Crippen LogP contribution in [0.25, 0.3) is 21.2 Å². The normalized spacial score (nSPS) is 13.9. The van der Waals surface area contributed by atoms with Crippen LogP contribution >= 0.6 is 11.3 Å². The van der Waals surface area contributed by atoms with Crippen molar-refractivity contribution in [2.75, 3.05) is 19.8 Å². The molecule has 0 saturated heterocycles. The number of carbonyl (C=O) groups excluding carboxylic acids is 1. The van der Waals surface area contributed by atoms with Gasteiger partial charge in [-0.2, -0.15) is 4.99 Å². The highest BCUT2D eigenvalue weighted by molar-refractivity contribution is 7.16. The molecule has 4 aromatic rings. The number of hydrogen-bond donors (Lipinski definition) is 0. The van der Waals surface area contributed by atoms with Crippen molar-refractivity contribution < 1.29 is 23.4 Å². The highest BCUT2D eigenvalue weighted by atomic mass is 32.1. The van der Waals surface area contributed by atoms with Gasteiger partial charge in [-0.3, -0.25) is 4.79 Å². The molecule has 3 heterocycles. The summed E-state index contributed by atoms with van der Waals surface area (Å²) in [6, 6.07) is 11.1. The lowest BCUT2D eigenvalue weighted by Gasteiger charge is -2.18. The van der Waals surface area contributed by atoms with E-state index in [1.165, 1.54) is 11.3 Å². The summed E-state index contributed by atoms with van der Waals surface area (Å²) in [7, 11) is 1.87. The lowest BCUT2D eigenvalue weighted by molar-refractivity contribution is 0.0973. The van der Waals surface area contributed by atoms with Crippen LogP contribution < -0.4 is 19.0 Å². The molecule has 0 bridgehead atoms. The van der Waals surface area contributed by atoms with Gasteiger partial charge in [0.05, 0.1) is 16.8 Å². The highest BCUT2D eigenvalue weighted by Crippen LogP contribution is 2.35. The lowest BCUT2D eigenvalue weighted by atomic mass is 10.2. The summed E-state index contributed by atoms with van der Waals surface area (Å²) in [5.74, 6) is 1.76. The Morgan fingerprint density at radius 3 is 2.79 bits per heavy atom. The molecule has 7 nitrogen and oxygen atoms in total. The number of benzene rings is 2. The molecule has 1 aliphatic rings. The third-order valence-electron chi connectivity index (χ3n) is 4.69. The topological polar surface area (TPSA) is 75.2 Å². The second kappa shape index (κ2) is 6.97. The minimum Gasteiger partial charge on any atom is -0.490 e. The number of aryl methyl sites for hydroxylation is 1. The van der Waals surface area contributed by atoms with Crippen LogP contribution in [0.1, 0.15) is 17.5 Å². The molecular weight excluding hydrogens is 392 g/mol. The first-order chi connectivity index (χ1) is 14.1. The molecule has 8 heteroatoms. The molecule has 0 spiro atoms. The molecule has 0 saturated carbocycles. The zero-order chi connectivity index (χ0) is 20.0. The van der Waals surface area contributed by atoms with Crippen molar-refractivity contribution >= 4 is 38.4 Å². The first-order valence-electron chi connectivity index (χ1n) is 9.27. The van der Waals surface area contributed by atoms with E-state index >= 15 is 0 Å². The van der Waals surface area contributed by atoms with E-state index in [4.69, 9.17) is 18.6 Å². The molecule has 1 aliphatic heterocycles. The van der Waals surface area contributed by atoms with Gasteiger partial charge in [0.2, 0.25) is 0 Å². The molecular formula is C21H18N2O5S. The summed E-state index contributed by atoms with van der Waals surface area (Å²) in [6.07, 6.45) is 0. The van der Waals surface area contributed by atoms with Crippen molar-refractivity contribution in [1.29, 1.82) is 0 Å². The number of rotatable bonds is 3. The summed E-state index contributed by atoms with van der Waals surface area (Å²) in [5, 5.41) is 0.803. The maximum absolute atomic E-state index is 12.8. The minimum atomic E-state index is -0.442. The molecule has 0 aliphatic carbocycles. The van der Waals surface area contributed by atoms with Gasteiger partial charge in [-0.15, -0.1) is 0 Å². The Morgan fingerprint density at radius 2 is 2.00 bits per heavy atom. The zero-order valence-corrected chi connectivity index (χ0v) is 16.7. The van der Waals surface area contributed by atoms with E-state index in [9.17, 15) is 4.79 Å². The van der Waals surface area contributed by atoms with Crippen molar-refractivity contribution in [2.45, 2.75) is 6.92 Å². The van der Waals surface area contributed by atoms with Crippen LogP contribution in [0.4, 0.5) is 0 Å². The van der Waals surface area contributed by atoms with E-state index in [-0.39, 0.29) is 5.76 Å². The van der Waals surface area contributed by atoms with E-state index in [0.29, 0.717) is 47.5 Å². The third kappa shape index (κ3) is 3.05. The predicted octanol–water partition coefficient (Wildman–Crippen LogP) is 3.90. The summed E-state index contributed by atoms with van der Waals surface area (Å²) < 4.78 is 25.5. The van der Waals surface area contributed by atoms with Gasteiger partial charge in [-0.25, -0.2) is 0 Å². The second-order valence-corrected chi connectivity index (χ2v) is 7.55. The van der Waals surface area contributed by atoms with E-state index < -0.39 is 5.91 Å². The van der Waals surface area contributed by atoms with Gasteiger partial charge >= 0.3 is 5.91 Å². The van der Waals surface area contributed by atoms with Crippen molar-refractivity contribution in [2.24, 2.45) is 12.0 Å². The Labute approximate surface area is 169 Å². The Kier molecular flexibility index (Phi) is 4.28. The maximum atomic E-state index is 12.8. The standard InChI is InChI=1S/C21H18N2O5S/c1-3-25-14-6-4-5-12-9-17(28-19(12)14)20(24)22-21-23(2)13-10-15-16(11-18(13)29-21)27-8-7-26-15/h4-6,9-11H,3,7-8H2,1-2H3. The number of fused-ring (bicyclic) bond motifs is 3. The van der Waals surface area contributed by atoms with Gasteiger partial charge in [-0.05, 0) is 19.1 Å². The fraction of sp³-hybridized carbons (Fsp3) is 0.238. The van der Waals surface area contributed by atoms with Crippen LogP contribution in [0.5, 0.6) is 17.2 Å². The summed E-state index contributed by atoms with van der Waals surface area (Å²) in [4.78, 5) is 17.6. The Hall–Kier alpha value is -3.26. The molecule has 0 radical (unpaired) electrons. The van der Waals surface area contributed by atoms with Gasteiger partial charge in [0, 0.05) is 24.6 Å². The van der Waals surface area contributed by atoms with Crippen molar-refractivity contribution in [3.8, 4) is 17.2 Å². The van der Waals surface area contributed by atoms with Gasteiger partial charge < -0.3 is 23.2 Å². The lowest BCUT2D eigenvalue weighted by Crippen LogP contribution is -2.15. The van der Waals surface area contributed by atoms with Gasteiger partial charge in [0.25, 0.3) is 0 Å². The van der Waals surface area contributed by atoms with Crippen LogP contribution in [0.2, 0.25) is 0 Å². The number of hydrogen-bond acceptors (Lipinski definition) is 6.